The predicted octanol–water partition coefficient (Wildman–Crippen LogP) is 3.23. The molecule has 2 N–H and O–H groups in total. The molecule has 84 valence electrons. The fraction of sp³-hybridized carbons (Fsp3) is 0.100. The Hall–Kier alpha value is -0.850. The summed E-state index contributed by atoms with van der Waals surface area (Å²) in [7, 11) is 0. The molecule has 1 heterocycles. The van der Waals surface area contributed by atoms with Gasteiger partial charge in [0, 0.05) is 10.9 Å². The van der Waals surface area contributed by atoms with Crippen molar-refractivity contribution in [3.63, 3.8) is 0 Å². The summed E-state index contributed by atoms with van der Waals surface area (Å²) in [4.78, 5) is 3.95. The number of thiazole rings is 1. The minimum absolute atomic E-state index is 0.166. The van der Waals surface area contributed by atoms with Gasteiger partial charge in [-0.25, -0.2) is 13.8 Å². The van der Waals surface area contributed by atoms with Crippen LogP contribution in [0.1, 0.15) is 17.3 Å². The third kappa shape index (κ3) is 2.00. The van der Waals surface area contributed by atoms with Gasteiger partial charge >= 0.3 is 0 Å². The second-order valence-corrected chi connectivity index (χ2v) is 4.72. The molecule has 0 saturated carbocycles. The van der Waals surface area contributed by atoms with Crippen LogP contribution in [0.2, 0.25) is 0 Å². The van der Waals surface area contributed by atoms with Crippen LogP contribution >= 0.6 is 27.3 Å². The fourth-order valence-electron chi connectivity index (χ4n) is 1.35. The highest BCUT2D eigenvalue weighted by Gasteiger charge is 2.21. The summed E-state index contributed by atoms with van der Waals surface area (Å²) in [6.45, 7) is 0. The Morgan fingerprint density at radius 1 is 1.38 bits per heavy atom. The maximum absolute atomic E-state index is 13.7. The minimum Gasteiger partial charge on any atom is -0.319 e. The third-order valence-corrected chi connectivity index (χ3v) is 3.38. The maximum Gasteiger partial charge on any atom is 0.145 e. The zero-order valence-corrected chi connectivity index (χ0v) is 10.4. The molecule has 1 atom stereocenters. The Morgan fingerprint density at radius 3 is 2.75 bits per heavy atom. The predicted molar refractivity (Wildman–Crippen MR) is 62.2 cm³/mol. The molecular formula is C10H7BrF2N2S. The van der Waals surface area contributed by atoms with Gasteiger partial charge < -0.3 is 5.73 Å². The molecule has 0 radical (unpaired) electrons. The molecule has 2 nitrogen and oxygen atoms in total. The van der Waals surface area contributed by atoms with Crippen LogP contribution in [0, 0.1) is 11.6 Å². The Bertz CT molecular complexity index is 502. The molecule has 0 fully saturated rings. The molecule has 0 aliphatic rings. The van der Waals surface area contributed by atoms with Crippen LogP contribution in [0.15, 0.2) is 27.5 Å². The highest BCUT2D eigenvalue weighted by atomic mass is 79.9. The molecule has 1 aromatic carbocycles. The molecule has 0 spiro atoms. The summed E-state index contributed by atoms with van der Waals surface area (Å²) in [5.74, 6) is -1.35. The van der Waals surface area contributed by atoms with Gasteiger partial charge in [-0.05, 0) is 28.1 Å². The van der Waals surface area contributed by atoms with Crippen molar-refractivity contribution in [3.8, 4) is 0 Å². The van der Waals surface area contributed by atoms with E-state index in [0.717, 1.165) is 0 Å². The van der Waals surface area contributed by atoms with Crippen LogP contribution in [0.5, 0.6) is 0 Å². The molecule has 1 aromatic heterocycles. The van der Waals surface area contributed by atoms with Crippen molar-refractivity contribution in [2.24, 2.45) is 5.73 Å². The zero-order valence-electron chi connectivity index (χ0n) is 7.95. The lowest BCUT2D eigenvalue weighted by Crippen LogP contribution is -2.16. The first-order chi connectivity index (χ1) is 7.61. The number of rotatable bonds is 2. The molecule has 0 saturated heterocycles. The highest BCUT2D eigenvalue weighted by molar-refractivity contribution is 9.10. The van der Waals surface area contributed by atoms with E-state index in [9.17, 15) is 8.78 Å². The van der Waals surface area contributed by atoms with Crippen molar-refractivity contribution in [2.75, 3.05) is 0 Å². The van der Waals surface area contributed by atoms with Crippen molar-refractivity contribution in [1.29, 1.82) is 0 Å². The second kappa shape index (κ2) is 4.57. The summed E-state index contributed by atoms with van der Waals surface area (Å²) in [6.07, 6.45) is 0. The van der Waals surface area contributed by atoms with Crippen LogP contribution in [-0.4, -0.2) is 4.98 Å². The van der Waals surface area contributed by atoms with Gasteiger partial charge in [0.15, 0.2) is 0 Å². The Morgan fingerprint density at radius 2 is 2.12 bits per heavy atom. The normalized spacial score (nSPS) is 12.8. The van der Waals surface area contributed by atoms with Gasteiger partial charge in [0.25, 0.3) is 0 Å². The molecule has 2 aromatic rings. The van der Waals surface area contributed by atoms with Gasteiger partial charge in [-0.15, -0.1) is 11.3 Å². The molecule has 16 heavy (non-hydrogen) atoms. The molecule has 0 bridgehead atoms. The summed E-state index contributed by atoms with van der Waals surface area (Å²) in [6, 6.07) is 1.60. The van der Waals surface area contributed by atoms with E-state index in [1.54, 1.807) is 10.9 Å². The lowest BCUT2D eigenvalue weighted by molar-refractivity contribution is 0.537. The van der Waals surface area contributed by atoms with Crippen LogP contribution in [0.3, 0.4) is 0 Å². The van der Waals surface area contributed by atoms with Crippen LogP contribution < -0.4 is 5.73 Å². The molecule has 6 heteroatoms. The van der Waals surface area contributed by atoms with Gasteiger partial charge in [-0.1, -0.05) is 0 Å². The summed E-state index contributed by atoms with van der Waals surface area (Å²) in [5.41, 5.74) is 7.64. The topological polar surface area (TPSA) is 38.9 Å². The van der Waals surface area contributed by atoms with E-state index >= 15 is 0 Å². The number of nitrogens with two attached hydrogens (primary N) is 1. The number of halogens is 3. The van der Waals surface area contributed by atoms with Crippen LogP contribution in [0.4, 0.5) is 8.78 Å². The van der Waals surface area contributed by atoms with E-state index in [1.165, 1.54) is 23.5 Å². The molecule has 0 aliphatic carbocycles. The van der Waals surface area contributed by atoms with Gasteiger partial charge in [-0.3, -0.25) is 0 Å². The van der Waals surface area contributed by atoms with Crippen molar-refractivity contribution in [3.05, 3.63) is 50.4 Å². The third-order valence-electron chi connectivity index (χ3n) is 2.16. The van der Waals surface area contributed by atoms with E-state index in [-0.39, 0.29) is 10.0 Å². The standard InChI is InChI=1S/C10H7BrF2N2S/c11-5-1-2-6(12)8(9(5)13)10(14)7-3-16-4-15-7/h1-4,10H,14H2. The summed E-state index contributed by atoms with van der Waals surface area (Å²) < 4.78 is 27.4. The SMILES string of the molecule is NC(c1cscn1)c1c(F)ccc(Br)c1F. The summed E-state index contributed by atoms with van der Waals surface area (Å²) in [5, 5.41) is 1.67. The smallest absolute Gasteiger partial charge is 0.145 e. The second-order valence-electron chi connectivity index (χ2n) is 3.15. The Labute approximate surface area is 103 Å². The van der Waals surface area contributed by atoms with Crippen LogP contribution in [-0.2, 0) is 0 Å². The van der Waals surface area contributed by atoms with E-state index in [4.69, 9.17) is 5.73 Å². The zero-order chi connectivity index (χ0) is 11.7. The van der Waals surface area contributed by atoms with E-state index in [2.05, 4.69) is 20.9 Å². The molecule has 1 unspecified atom stereocenters. The monoisotopic (exact) mass is 304 g/mol. The number of hydrogen-bond donors (Lipinski definition) is 1. The number of aromatic nitrogens is 1. The Kier molecular flexibility index (Phi) is 3.32. The fourth-order valence-corrected chi connectivity index (χ4v) is 2.29. The largest absolute Gasteiger partial charge is 0.319 e. The maximum atomic E-state index is 13.7. The van der Waals surface area contributed by atoms with Crippen LogP contribution in [0.25, 0.3) is 0 Å². The number of nitrogens with zero attached hydrogens (tertiary/aromatic N) is 1. The lowest BCUT2D eigenvalue weighted by Gasteiger charge is -2.12. The van der Waals surface area contributed by atoms with Gasteiger partial charge in [0.05, 0.1) is 21.7 Å². The van der Waals surface area contributed by atoms with Crippen molar-refractivity contribution in [1.82, 2.24) is 4.98 Å². The van der Waals surface area contributed by atoms with Gasteiger partial charge in [-0.2, -0.15) is 0 Å². The van der Waals surface area contributed by atoms with E-state index in [0.29, 0.717) is 5.69 Å². The number of hydrogen-bond acceptors (Lipinski definition) is 3. The van der Waals surface area contributed by atoms with E-state index in [1.807, 2.05) is 0 Å². The quantitative estimate of drug-likeness (QED) is 0.865. The van der Waals surface area contributed by atoms with Crippen molar-refractivity contribution >= 4 is 27.3 Å². The average molecular weight is 305 g/mol. The van der Waals surface area contributed by atoms with Crippen molar-refractivity contribution in [2.45, 2.75) is 6.04 Å². The summed E-state index contributed by atoms with van der Waals surface area (Å²) >= 11 is 4.33. The lowest BCUT2D eigenvalue weighted by atomic mass is 10.0. The molecule has 2 rings (SSSR count). The van der Waals surface area contributed by atoms with E-state index < -0.39 is 17.7 Å². The van der Waals surface area contributed by atoms with Gasteiger partial charge in [0.2, 0.25) is 0 Å². The first-order valence-electron chi connectivity index (χ1n) is 4.38. The average Bonchev–Trinajstić information content (AvgIpc) is 2.77. The first kappa shape index (κ1) is 11.6. The first-order valence-corrected chi connectivity index (χ1v) is 6.12. The molecule has 0 amide bonds. The van der Waals surface area contributed by atoms with Crippen molar-refractivity contribution < 1.29 is 8.78 Å². The molecule has 0 aliphatic heterocycles. The van der Waals surface area contributed by atoms with Gasteiger partial charge in [0.1, 0.15) is 11.6 Å². The highest BCUT2D eigenvalue weighted by Crippen LogP contribution is 2.28. The Balaban J connectivity index is 2.52. The molecular weight excluding hydrogens is 298 g/mol. The minimum atomic E-state index is -0.885. The number of benzene rings is 1.